The zero-order valence-electron chi connectivity index (χ0n) is 5.77. The average molecular weight is 164 g/mol. The van der Waals surface area contributed by atoms with Crippen molar-refractivity contribution in [3.8, 4) is 0 Å². The van der Waals surface area contributed by atoms with Gasteiger partial charge in [0.05, 0.1) is 30.2 Å². The van der Waals surface area contributed by atoms with E-state index in [0.29, 0.717) is 0 Å². The monoisotopic (exact) mass is 164 g/mol. The molecule has 1 aliphatic rings. The number of hydrogen-bond donors (Lipinski definition) is 3. The van der Waals surface area contributed by atoms with Gasteiger partial charge in [0.25, 0.3) is 0 Å². The molecule has 1 saturated heterocycles. The first-order chi connectivity index (χ1) is 4.66. The molecular weight excluding hydrogens is 152 g/mol. The molecule has 60 valence electrons. The zero-order valence-corrected chi connectivity index (χ0v) is 6.66. The lowest BCUT2D eigenvalue weighted by molar-refractivity contribution is 0.000853. The van der Waals surface area contributed by atoms with E-state index in [9.17, 15) is 5.11 Å². The van der Waals surface area contributed by atoms with E-state index in [4.69, 9.17) is 9.84 Å². The van der Waals surface area contributed by atoms with Gasteiger partial charge in [0.2, 0.25) is 0 Å². The molecule has 4 heteroatoms. The molecule has 3 nitrogen and oxygen atoms in total. The van der Waals surface area contributed by atoms with Crippen molar-refractivity contribution in [1.29, 1.82) is 0 Å². The van der Waals surface area contributed by atoms with E-state index in [1.807, 2.05) is 0 Å². The van der Waals surface area contributed by atoms with Gasteiger partial charge >= 0.3 is 0 Å². The van der Waals surface area contributed by atoms with E-state index >= 15 is 0 Å². The quantitative estimate of drug-likeness (QED) is 0.455. The number of aliphatic hydroxyl groups is 2. The second-order valence-corrected chi connectivity index (χ2v) is 3.14. The molecule has 1 rings (SSSR count). The molecule has 2 N–H and O–H groups in total. The molecule has 0 aromatic carbocycles. The molecular formula is C6H12O3S. The third kappa shape index (κ3) is 1.29. The highest BCUT2D eigenvalue weighted by Gasteiger charge is 2.38. The Morgan fingerprint density at radius 2 is 2.20 bits per heavy atom. The summed E-state index contributed by atoms with van der Waals surface area (Å²) in [5.41, 5.74) is 0. The molecule has 1 fully saturated rings. The highest BCUT2D eigenvalue weighted by Crippen LogP contribution is 2.24. The molecule has 0 saturated carbocycles. The summed E-state index contributed by atoms with van der Waals surface area (Å²) in [7, 11) is 0. The maximum atomic E-state index is 9.26. The molecule has 0 aliphatic carbocycles. The maximum absolute atomic E-state index is 9.26. The van der Waals surface area contributed by atoms with Crippen LogP contribution >= 0.6 is 12.6 Å². The van der Waals surface area contributed by atoms with Crippen LogP contribution in [0.3, 0.4) is 0 Å². The molecule has 0 amide bonds. The first kappa shape index (κ1) is 8.33. The van der Waals surface area contributed by atoms with E-state index in [1.165, 1.54) is 0 Å². The SMILES string of the molecule is C[C@@H]1O[C@H](CO)[C@H](S)C1O. The molecule has 4 atom stereocenters. The summed E-state index contributed by atoms with van der Waals surface area (Å²) in [4.78, 5) is 0. The molecule has 0 spiro atoms. The van der Waals surface area contributed by atoms with Crippen LogP contribution in [0.15, 0.2) is 0 Å². The van der Waals surface area contributed by atoms with Gasteiger partial charge < -0.3 is 14.9 Å². The van der Waals surface area contributed by atoms with Gasteiger partial charge in [-0.05, 0) is 6.92 Å². The van der Waals surface area contributed by atoms with Crippen molar-refractivity contribution in [3.63, 3.8) is 0 Å². The summed E-state index contributed by atoms with van der Waals surface area (Å²) in [5.74, 6) is 0. The lowest BCUT2D eigenvalue weighted by atomic mass is 10.1. The van der Waals surface area contributed by atoms with E-state index in [0.717, 1.165) is 0 Å². The van der Waals surface area contributed by atoms with Gasteiger partial charge in [-0.15, -0.1) is 0 Å². The molecule has 0 bridgehead atoms. The summed E-state index contributed by atoms with van der Waals surface area (Å²) in [6, 6.07) is 0. The van der Waals surface area contributed by atoms with Crippen molar-refractivity contribution >= 4 is 12.6 Å². The minimum atomic E-state index is -0.555. The predicted molar refractivity (Wildman–Crippen MR) is 40.2 cm³/mol. The molecule has 1 unspecified atom stereocenters. The topological polar surface area (TPSA) is 49.7 Å². The van der Waals surface area contributed by atoms with Gasteiger partial charge in [-0.3, -0.25) is 0 Å². The third-order valence-corrected chi connectivity index (χ3v) is 2.42. The molecule has 10 heavy (non-hydrogen) atoms. The molecule has 1 aliphatic heterocycles. The van der Waals surface area contributed by atoms with E-state index < -0.39 is 6.10 Å². The van der Waals surface area contributed by atoms with E-state index in [1.54, 1.807) is 6.92 Å². The second-order valence-electron chi connectivity index (χ2n) is 2.54. The first-order valence-corrected chi connectivity index (χ1v) is 3.81. The van der Waals surface area contributed by atoms with Gasteiger partial charge in [-0.2, -0.15) is 12.6 Å². The smallest absolute Gasteiger partial charge is 0.0952 e. The number of hydrogen-bond acceptors (Lipinski definition) is 4. The number of aliphatic hydroxyl groups excluding tert-OH is 2. The fourth-order valence-corrected chi connectivity index (χ4v) is 1.49. The van der Waals surface area contributed by atoms with Crippen molar-refractivity contribution in [1.82, 2.24) is 0 Å². The maximum Gasteiger partial charge on any atom is 0.0952 e. The third-order valence-electron chi connectivity index (χ3n) is 1.78. The Morgan fingerprint density at radius 1 is 1.60 bits per heavy atom. The fraction of sp³-hybridized carbons (Fsp3) is 1.00. The Kier molecular flexibility index (Phi) is 2.57. The highest BCUT2D eigenvalue weighted by molar-refractivity contribution is 7.81. The summed E-state index contributed by atoms with van der Waals surface area (Å²) in [6.07, 6.45) is -1.08. The van der Waals surface area contributed by atoms with Crippen molar-refractivity contribution in [3.05, 3.63) is 0 Å². The van der Waals surface area contributed by atoms with E-state index in [-0.39, 0.29) is 24.1 Å². The lowest BCUT2D eigenvalue weighted by Gasteiger charge is -2.10. The van der Waals surface area contributed by atoms with Crippen LogP contribution in [0.4, 0.5) is 0 Å². The minimum absolute atomic E-state index is 0.0738. The summed E-state index contributed by atoms with van der Waals surface area (Å²) in [6.45, 7) is 1.69. The predicted octanol–water partition coefficient (Wildman–Crippen LogP) is -0.575. The Labute approximate surface area is 65.4 Å². The van der Waals surface area contributed by atoms with Crippen LogP contribution in [0.5, 0.6) is 0 Å². The van der Waals surface area contributed by atoms with Crippen LogP contribution in [0.1, 0.15) is 6.92 Å². The fourth-order valence-electron chi connectivity index (χ4n) is 1.09. The number of thiol groups is 1. The van der Waals surface area contributed by atoms with Crippen LogP contribution in [0, 0.1) is 0 Å². The standard InChI is InChI=1S/C6H12O3S/c1-3-5(8)6(10)4(2-7)9-3/h3-8,10H,2H2,1H3/t3-,4+,5?,6-/m0/s1. The van der Waals surface area contributed by atoms with Crippen molar-refractivity contribution in [2.24, 2.45) is 0 Å². The lowest BCUT2D eigenvalue weighted by Crippen LogP contribution is -2.28. The molecule has 0 aromatic rings. The van der Waals surface area contributed by atoms with Crippen molar-refractivity contribution < 1.29 is 14.9 Å². The Bertz CT molecular complexity index is 120. The second kappa shape index (κ2) is 3.09. The first-order valence-electron chi connectivity index (χ1n) is 3.29. The Hall–Kier alpha value is 0.230. The minimum Gasteiger partial charge on any atom is -0.394 e. The average Bonchev–Trinajstić information content (AvgIpc) is 2.17. The Balaban J connectivity index is 2.53. The summed E-state index contributed by atoms with van der Waals surface area (Å²) >= 11 is 4.09. The Morgan fingerprint density at radius 3 is 2.40 bits per heavy atom. The highest BCUT2D eigenvalue weighted by atomic mass is 32.1. The van der Waals surface area contributed by atoms with Gasteiger partial charge in [0, 0.05) is 0 Å². The largest absolute Gasteiger partial charge is 0.394 e. The van der Waals surface area contributed by atoms with Crippen LogP contribution < -0.4 is 0 Å². The van der Waals surface area contributed by atoms with Crippen molar-refractivity contribution in [2.75, 3.05) is 6.61 Å². The van der Waals surface area contributed by atoms with Gasteiger partial charge in [-0.1, -0.05) is 0 Å². The van der Waals surface area contributed by atoms with E-state index in [2.05, 4.69) is 12.6 Å². The number of rotatable bonds is 1. The zero-order chi connectivity index (χ0) is 7.72. The normalized spacial score (nSPS) is 48.0. The summed E-state index contributed by atoms with van der Waals surface area (Å²) in [5, 5.41) is 17.7. The van der Waals surface area contributed by atoms with Crippen LogP contribution in [0.25, 0.3) is 0 Å². The molecule has 0 radical (unpaired) electrons. The van der Waals surface area contributed by atoms with Gasteiger partial charge in [-0.25, -0.2) is 0 Å². The molecule has 1 heterocycles. The van der Waals surface area contributed by atoms with Gasteiger partial charge in [0.1, 0.15) is 0 Å². The van der Waals surface area contributed by atoms with Crippen molar-refractivity contribution in [2.45, 2.75) is 30.5 Å². The summed E-state index contributed by atoms with van der Waals surface area (Å²) < 4.78 is 5.16. The molecule has 0 aromatic heterocycles. The van der Waals surface area contributed by atoms with Crippen LogP contribution in [-0.4, -0.2) is 40.4 Å². The number of ether oxygens (including phenoxy) is 1. The van der Waals surface area contributed by atoms with Gasteiger partial charge in [0.15, 0.2) is 0 Å². The van der Waals surface area contributed by atoms with Crippen LogP contribution in [0.2, 0.25) is 0 Å². The van der Waals surface area contributed by atoms with Crippen LogP contribution in [-0.2, 0) is 4.74 Å².